The molecular weight excluding hydrogens is 678 g/mol. The molecule has 2 fully saturated rings. The molecule has 5 N–H and O–H groups in total. The number of allylic oxidation sites excluding steroid dienone is 3. The molecule has 2 saturated heterocycles. The fourth-order valence-corrected chi connectivity index (χ4v) is 7.68. The summed E-state index contributed by atoms with van der Waals surface area (Å²) in [6.45, 7) is 11.6. The minimum absolute atomic E-state index is 0.0210. The Bertz CT molecular complexity index is 1240. The van der Waals surface area contributed by atoms with Gasteiger partial charge < -0.3 is 58.9 Å². The maximum Gasteiger partial charge on any atom is 0.308 e. The Morgan fingerprint density at radius 1 is 1.02 bits per heavy atom. The number of likely N-dealkylation sites (N-methyl/N-ethyl adjacent to an activating group) is 1. The summed E-state index contributed by atoms with van der Waals surface area (Å²) < 4.78 is 30.7. The van der Waals surface area contributed by atoms with Crippen molar-refractivity contribution in [2.24, 2.45) is 23.7 Å². The van der Waals surface area contributed by atoms with Crippen molar-refractivity contribution in [1.82, 2.24) is 4.90 Å². The van der Waals surface area contributed by atoms with Crippen molar-refractivity contribution in [3.05, 3.63) is 23.8 Å². The Kier molecular flexibility index (Phi) is 16.6. The minimum atomic E-state index is -1.47. The standard InChI is InChI=1S/C38H63NO13/c1-10-29-26(19-41)15-20(2)11-12-27(42)21(3)16-25(13-14-40)34(22(4)28(43)17-30(44)50-29)52-37-33(45)32(39(8)9)35(23(5)49-37)51-31-18-38(7,47)36(46)24(6)48-31/h11-12,14-15,21-26,28-29,31-37,41,43,45-47H,10,13,16-19H2,1-9H3/b12-11+,20-15+/t21-,22+,23-,24+,25+,26-,28-,29-,31+,32-,33-,34-,35+,36+,37+,38-/m1/s1. The van der Waals surface area contributed by atoms with Crippen LogP contribution in [0.5, 0.6) is 0 Å². The van der Waals surface area contributed by atoms with Crippen LogP contribution in [0.4, 0.5) is 0 Å². The van der Waals surface area contributed by atoms with E-state index in [0.717, 1.165) is 6.29 Å². The number of carbonyl (C=O) groups is 3. The van der Waals surface area contributed by atoms with Crippen LogP contribution in [-0.4, -0.2) is 142 Å². The number of cyclic esters (lactones) is 1. The van der Waals surface area contributed by atoms with Crippen molar-refractivity contribution in [1.29, 1.82) is 0 Å². The molecule has 0 aliphatic carbocycles. The summed E-state index contributed by atoms with van der Waals surface area (Å²) in [4.78, 5) is 40.3. The normalized spacial score (nSPS) is 44.8. The molecular formula is C38H63NO13. The lowest BCUT2D eigenvalue weighted by Gasteiger charge is -2.50. The number of hydrogen-bond acceptors (Lipinski definition) is 14. The third-order valence-corrected chi connectivity index (χ3v) is 10.9. The zero-order valence-electron chi connectivity index (χ0n) is 32.2. The van der Waals surface area contributed by atoms with Gasteiger partial charge in [-0.25, -0.2) is 0 Å². The Labute approximate surface area is 308 Å². The number of esters is 1. The van der Waals surface area contributed by atoms with E-state index < -0.39 is 109 Å². The van der Waals surface area contributed by atoms with Crippen LogP contribution in [0.3, 0.4) is 0 Å². The molecule has 14 heteroatoms. The Morgan fingerprint density at radius 3 is 2.27 bits per heavy atom. The van der Waals surface area contributed by atoms with Gasteiger partial charge in [0.1, 0.15) is 30.7 Å². The Morgan fingerprint density at radius 2 is 1.69 bits per heavy atom. The van der Waals surface area contributed by atoms with E-state index in [1.807, 2.05) is 6.92 Å². The van der Waals surface area contributed by atoms with Crippen LogP contribution in [0, 0.1) is 23.7 Å². The quantitative estimate of drug-likeness (QED) is 0.169. The van der Waals surface area contributed by atoms with Crippen LogP contribution >= 0.6 is 0 Å². The largest absolute Gasteiger partial charge is 0.462 e. The van der Waals surface area contributed by atoms with Gasteiger partial charge in [0.05, 0.1) is 49.1 Å². The number of ketones is 1. The number of aliphatic hydroxyl groups excluding tert-OH is 4. The Hall–Kier alpha value is -2.11. The summed E-state index contributed by atoms with van der Waals surface area (Å²) in [5, 5.41) is 54.5. The summed E-state index contributed by atoms with van der Waals surface area (Å²) in [6.07, 6.45) is -4.08. The first-order valence-electron chi connectivity index (χ1n) is 18.5. The van der Waals surface area contributed by atoms with Crippen molar-refractivity contribution in [3.63, 3.8) is 0 Å². The third-order valence-electron chi connectivity index (χ3n) is 10.9. The lowest BCUT2D eigenvalue weighted by Crippen LogP contribution is -2.65. The highest BCUT2D eigenvalue weighted by atomic mass is 16.7. The molecule has 0 aromatic carbocycles. The van der Waals surface area contributed by atoms with Gasteiger partial charge in [-0.3, -0.25) is 9.59 Å². The van der Waals surface area contributed by atoms with Gasteiger partial charge >= 0.3 is 5.97 Å². The lowest BCUT2D eigenvalue weighted by molar-refractivity contribution is -0.341. The minimum Gasteiger partial charge on any atom is -0.462 e. The summed E-state index contributed by atoms with van der Waals surface area (Å²) in [5.41, 5.74) is -0.773. The molecule has 0 unspecified atom stereocenters. The zero-order valence-corrected chi connectivity index (χ0v) is 32.2. The first kappa shape index (κ1) is 44.3. The van der Waals surface area contributed by atoms with Crippen LogP contribution in [0.1, 0.15) is 80.6 Å². The van der Waals surface area contributed by atoms with Gasteiger partial charge in [0.25, 0.3) is 0 Å². The van der Waals surface area contributed by atoms with E-state index in [1.165, 1.54) is 13.0 Å². The van der Waals surface area contributed by atoms with Crippen LogP contribution in [0.15, 0.2) is 23.8 Å². The number of hydrogen-bond donors (Lipinski definition) is 5. The molecule has 298 valence electrons. The van der Waals surface area contributed by atoms with Crippen molar-refractivity contribution in [2.45, 2.75) is 154 Å². The predicted molar refractivity (Wildman–Crippen MR) is 190 cm³/mol. The molecule has 16 atom stereocenters. The van der Waals surface area contributed by atoms with Crippen molar-refractivity contribution >= 4 is 18.0 Å². The molecule has 0 bridgehead atoms. The topological polar surface area (TPSA) is 202 Å². The highest BCUT2D eigenvalue weighted by Crippen LogP contribution is 2.37. The second-order valence-corrected chi connectivity index (χ2v) is 15.5. The molecule has 0 aromatic rings. The average Bonchev–Trinajstić information content (AvgIpc) is 3.07. The number of carbonyl (C=O) groups excluding carboxylic acids is 3. The fourth-order valence-electron chi connectivity index (χ4n) is 7.68. The number of rotatable bonds is 9. The fraction of sp³-hybridized carbons (Fsp3) is 0.816. The molecule has 3 heterocycles. The van der Waals surface area contributed by atoms with Gasteiger partial charge in [0.15, 0.2) is 18.4 Å². The third kappa shape index (κ3) is 11.2. The number of aldehydes is 1. The van der Waals surface area contributed by atoms with Crippen LogP contribution in [-0.2, 0) is 38.1 Å². The maximum absolute atomic E-state index is 13.3. The van der Waals surface area contributed by atoms with Gasteiger partial charge in [-0.05, 0) is 66.6 Å². The van der Waals surface area contributed by atoms with Gasteiger partial charge in [0, 0.05) is 30.6 Å². The van der Waals surface area contributed by atoms with E-state index in [0.29, 0.717) is 12.0 Å². The Balaban J connectivity index is 1.96. The van der Waals surface area contributed by atoms with E-state index in [4.69, 9.17) is 23.7 Å². The highest BCUT2D eigenvalue weighted by Gasteiger charge is 2.51. The van der Waals surface area contributed by atoms with Crippen molar-refractivity contribution < 1.29 is 63.6 Å². The van der Waals surface area contributed by atoms with Crippen molar-refractivity contribution in [2.75, 3.05) is 20.7 Å². The molecule has 3 aliphatic heterocycles. The number of ether oxygens (including phenoxy) is 5. The van der Waals surface area contributed by atoms with E-state index >= 15 is 0 Å². The molecule has 3 aliphatic rings. The van der Waals surface area contributed by atoms with Gasteiger partial charge in [-0.15, -0.1) is 0 Å². The SMILES string of the molecule is CC[C@H]1OC(=O)C[C@@H](O)[C@H](C)[C@@H](O[C@@H]2O[C@H](C)[C@H](O[C@H]3C[C@@](C)(O)[C@@H](O)[C@H](C)O3)[C@H](N(C)C)[C@H]2O)[C@@H](CC=O)C[C@@H](C)C(=O)/C=C/C(C)=C/[C@@H]1CO. The van der Waals surface area contributed by atoms with E-state index in [9.17, 15) is 39.9 Å². The van der Waals surface area contributed by atoms with Gasteiger partial charge in [0.2, 0.25) is 0 Å². The van der Waals surface area contributed by atoms with Gasteiger partial charge in [-0.1, -0.05) is 38.5 Å². The van der Waals surface area contributed by atoms with Gasteiger partial charge in [-0.2, -0.15) is 0 Å². The van der Waals surface area contributed by atoms with E-state index in [1.54, 1.807) is 65.8 Å². The van der Waals surface area contributed by atoms with Crippen LogP contribution < -0.4 is 0 Å². The summed E-state index contributed by atoms with van der Waals surface area (Å²) in [5.74, 6) is -3.38. The number of nitrogens with zero attached hydrogens (tertiary/aromatic N) is 1. The smallest absolute Gasteiger partial charge is 0.308 e. The summed E-state index contributed by atoms with van der Waals surface area (Å²) >= 11 is 0. The van der Waals surface area contributed by atoms with E-state index in [-0.39, 0.29) is 31.7 Å². The van der Waals surface area contributed by atoms with Crippen LogP contribution in [0.2, 0.25) is 0 Å². The second kappa shape index (κ2) is 19.5. The average molecular weight is 742 g/mol. The maximum atomic E-state index is 13.3. The number of aliphatic hydroxyl groups is 5. The molecule has 0 saturated carbocycles. The molecule has 0 radical (unpaired) electrons. The highest BCUT2D eigenvalue weighted by molar-refractivity contribution is 5.91. The summed E-state index contributed by atoms with van der Waals surface area (Å²) in [7, 11) is 3.51. The molecule has 14 nitrogen and oxygen atoms in total. The zero-order chi connectivity index (χ0) is 39.1. The van der Waals surface area contributed by atoms with Crippen molar-refractivity contribution in [3.8, 4) is 0 Å². The molecule has 0 aromatic heterocycles. The molecule has 0 amide bonds. The van der Waals surface area contributed by atoms with E-state index in [2.05, 4.69) is 0 Å². The predicted octanol–water partition coefficient (Wildman–Crippen LogP) is 1.67. The summed E-state index contributed by atoms with van der Waals surface area (Å²) in [6, 6.07) is -0.720. The second-order valence-electron chi connectivity index (χ2n) is 15.5. The molecule has 3 rings (SSSR count). The lowest BCUT2D eigenvalue weighted by atomic mass is 9.79. The molecule has 0 spiro atoms. The first-order chi connectivity index (χ1) is 24.3. The monoisotopic (exact) mass is 741 g/mol. The molecule has 52 heavy (non-hydrogen) atoms. The van der Waals surface area contributed by atoms with Crippen LogP contribution in [0.25, 0.3) is 0 Å². The first-order valence-corrected chi connectivity index (χ1v) is 18.5.